The molecule has 2 aliphatic rings. The summed E-state index contributed by atoms with van der Waals surface area (Å²) in [5, 5.41) is 21.7. The van der Waals surface area contributed by atoms with Gasteiger partial charge < -0.3 is 19.5 Å². The van der Waals surface area contributed by atoms with Crippen LogP contribution in [0.3, 0.4) is 0 Å². The summed E-state index contributed by atoms with van der Waals surface area (Å²) in [5.74, 6) is 1.68. The van der Waals surface area contributed by atoms with E-state index in [1.807, 2.05) is 47.8 Å². The second-order valence-electron chi connectivity index (χ2n) is 6.34. The number of aliphatic hydroxyl groups is 1. The summed E-state index contributed by atoms with van der Waals surface area (Å²) >= 11 is 4.85. The standard InChI is InChI=1S/C20H14BrN3O3S/c21-12-3-1-11(2-4-12)14-9-28-20(23-14)18-15(25)8-24(19(18)22)13-5-6-16-17(7-13)27-10-26-16/h1-7,9,22,25H,8,10H2. The van der Waals surface area contributed by atoms with Gasteiger partial charge in [0.15, 0.2) is 11.5 Å². The van der Waals surface area contributed by atoms with Crippen molar-refractivity contribution in [2.45, 2.75) is 0 Å². The molecular weight excluding hydrogens is 442 g/mol. The summed E-state index contributed by atoms with van der Waals surface area (Å²) in [6, 6.07) is 13.4. The Morgan fingerprint density at radius 3 is 2.71 bits per heavy atom. The number of amidine groups is 1. The minimum atomic E-state index is 0.138. The molecule has 0 bridgehead atoms. The fourth-order valence-corrected chi connectivity index (χ4v) is 4.38. The number of anilines is 1. The average Bonchev–Trinajstić information content (AvgIpc) is 3.41. The van der Waals surface area contributed by atoms with Crippen molar-refractivity contribution in [3.05, 3.63) is 63.1 Å². The van der Waals surface area contributed by atoms with Crippen molar-refractivity contribution in [3.63, 3.8) is 0 Å². The summed E-state index contributed by atoms with van der Waals surface area (Å²) < 4.78 is 11.8. The van der Waals surface area contributed by atoms with Crippen molar-refractivity contribution >= 4 is 44.4 Å². The highest BCUT2D eigenvalue weighted by Crippen LogP contribution is 2.39. The molecule has 3 heterocycles. The molecule has 28 heavy (non-hydrogen) atoms. The molecule has 1 aromatic heterocycles. The van der Waals surface area contributed by atoms with Crippen molar-refractivity contribution in [1.82, 2.24) is 4.98 Å². The quantitative estimate of drug-likeness (QED) is 0.576. The molecule has 2 aromatic carbocycles. The molecule has 5 rings (SSSR count). The van der Waals surface area contributed by atoms with Gasteiger partial charge in [-0.05, 0) is 24.3 Å². The predicted octanol–water partition coefficient (Wildman–Crippen LogP) is 5.07. The Balaban J connectivity index is 1.44. The molecule has 0 unspecified atom stereocenters. The van der Waals surface area contributed by atoms with E-state index in [-0.39, 0.29) is 24.9 Å². The van der Waals surface area contributed by atoms with E-state index in [2.05, 4.69) is 20.9 Å². The second kappa shape index (κ2) is 6.65. The van der Waals surface area contributed by atoms with Crippen molar-refractivity contribution in [2.24, 2.45) is 0 Å². The Labute approximate surface area is 173 Å². The summed E-state index contributed by atoms with van der Waals surface area (Å²) in [4.78, 5) is 6.38. The molecule has 2 aliphatic heterocycles. The molecule has 2 N–H and O–H groups in total. The van der Waals surface area contributed by atoms with Gasteiger partial charge in [0.2, 0.25) is 6.79 Å². The number of thiazole rings is 1. The van der Waals surface area contributed by atoms with E-state index in [0.29, 0.717) is 22.1 Å². The van der Waals surface area contributed by atoms with E-state index in [4.69, 9.17) is 14.9 Å². The molecule has 0 aliphatic carbocycles. The molecule has 0 fully saturated rings. The van der Waals surface area contributed by atoms with E-state index in [1.54, 1.807) is 4.90 Å². The monoisotopic (exact) mass is 455 g/mol. The summed E-state index contributed by atoms with van der Waals surface area (Å²) in [6.07, 6.45) is 0. The van der Waals surface area contributed by atoms with Gasteiger partial charge in [-0.2, -0.15) is 0 Å². The van der Waals surface area contributed by atoms with Crippen molar-refractivity contribution in [1.29, 1.82) is 5.41 Å². The molecular formula is C20H14BrN3O3S. The van der Waals surface area contributed by atoms with E-state index in [0.717, 1.165) is 21.4 Å². The number of rotatable bonds is 3. The zero-order valence-electron chi connectivity index (χ0n) is 14.5. The fraction of sp³-hybridized carbons (Fsp3) is 0.100. The molecule has 0 radical (unpaired) electrons. The lowest BCUT2D eigenvalue weighted by Gasteiger charge is -2.18. The van der Waals surface area contributed by atoms with Crippen LogP contribution in [0, 0.1) is 5.41 Å². The largest absolute Gasteiger partial charge is 0.510 e. The Hall–Kier alpha value is -2.84. The molecule has 0 saturated heterocycles. The van der Waals surface area contributed by atoms with Crippen molar-refractivity contribution < 1.29 is 14.6 Å². The average molecular weight is 456 g/mol. The number of hydrogen-bond donors (Lipinski definition) is 2. The maximum atomic E-state index is 10.6. The highest BCUT2D eigenvalue weighted by Gasteiger charge is 2.32. The van der Waals surface area contributed by atoms with Crippen molar-refractivity contribution in [2.75, 3.05) is 18.2 Å². The number of ether oxygens (including phenoxy) is 2. The van der Waals surface area contributed by atoms with Gasteiger partial charge in [-0.1, -0.05) is 28.1 Å². The first-order valence-electron chi connectivity index (χ1n) is 8.50. The van der Waals surface area contributed by atoms with Crippen LogP contribution < -0.4 is 14.4 Å². The van der Waals surface area contributed by atoms with E-state index >= 15 is 0 Å². The lowest BCUT2D eigenvalue weighted by atomic mass is 10.2. The first kappa shape index (κ1) is 17.3. The second-order valence-corrected chi connectivity index (χ2v) is 8.11. The van der Waals surface area contributed by atoms with Crippen LogP contribution in [0.15, 0.2) is 58.1 Å². The highest BCUT2D eigenvalue weighted by atomic mass is 79.9. The van der Waals surface area contributed by atoms with Gasteiger partial charge >= 0.3 is 0 Å². The number of aromatic nitrogens is 1. The topological polar surface area (TPSA) is 78.7 Å². The predicted molar refractivity (Wildman–Crippen MR) is 112 cm³/mol. The van der Waals surface area contributed by atoms with E-state index in [9.17, 15) is 5.11 Å². The maximum absolute atomic E-state index is 10.6. The zero-order valence-corrected chi connectivity index (χ0v) is 16.9. The maximum Gasteiger partial charge on any atom is 0.231 e. The number of nitrogens with zero attached hydrogens (tertiary/aromatic N) is 2. The third-order valence-corrected chi connectivity index (χ3v) is 6.02. The number of aliphatic hydroxyl groups excluding tert-OH is 1. The Morgan fingerprint density at radius 2 is 1.89 bits per heavy atom. The molecule has 0 saturated carbocycles. The van der Waals surface area contributed by atoms with Gasteiger partial charge in [0, 0.05) is 27.2 Å². The third-order valence-electron chi connectivity index (χ3n) is 4.63. The van der Waals surface area contributed by atoms with Crippen LogP contribution in [0.4, 0.5) is 5.69 Å². The van der Waals surface area contributed by atoms with Crippen LogP contribution in [0.25, 0.3) is 16.8 Å². The van der Waals surface area contributed by atoms with Crippen LogP contribution in [-0.4, -0.2) is 29.3 Å². The van der Waals surface area contributed by atoms with Crippen molar-refractivity contribution in [3.8, 4) is 22.8 Å². The number of hydrogen-bond acceptors (Lipinski definition) is 6. The summed E-state index contributed by atoms with van der Waals surface area (Å²) in [6.45, 7) is 0.421. The summed E-state index contributed by atoms with van der Waals surface area (Å²) in [7, 11) is 0. The van der Waals surface area contributed by atoms with Crippen LogP contribution >= 0.6 is 27.3 Å². The van der Waals surface area contributed by atoms with Gasteiger partial charge in [0.1, 0.15) is 16.6 Å². The molecule has 8 heteroatoms. The SMILES string of the molecule is N=C1C(c2nc(-c3ccc(Br)cc3)cs2)=C(O)CN1c1ccc2c(c1)OCO2. The van der Waals surface area contributed by atoms with Gasteiger partial charge in [-0.25, -0.2) is 4.98 Å². The zero-order chi connectivity index (χ0) is 19.3. The molecule has 0 atom stereocenters. The lowest BCUT2D eigenvalue weighted by molar-refractivity contribution is 0.174. The van der Waals surface area contributed by atoms with Gasteiger partial charge in [-0.3, -0.25) is 5.41 Å². The molecule has 0 amide bonds. The Morgan fingerprint density at radius 1 is 1.11 bits per heavy atom. The number of fused-ring (bicyclic) bond motifs is 1. The molecule has 3 aromatic rings. The fourth-order valence-electron chi connectivity index (χ4n) is 3.22. The van der Waals surface area contributed by atoms with Crippen LogP contribution in [0.1, 0.15) is 5.01 Å². The number of nitrogens with one attached hydrogen (secondary N) is 1. The minimum Gasteiger partial charge on any atom is -0.510 e. The Kier molecular flexibility index (Phi) is 4.10. The van der Waals surface area contributed by atoms with E-state index in [1.165, 1.54) is 11.3 Å². The van der Waals surface area contributed by atoms with Gasteiger partial charge in [0.05, 0.1) is 17.8 Å². The number of halogens is 1. The normalized spacial score (nSPS) is 15.6. The molecule has 140 valence electrons. The molecule has 6 nitrogen and oxygen atoms in total. The van der Waals surface area contributed by atoms with Crippen LogP contribution in [0.5, 0.6) is 11.5 Å². The third kappa shape index (κ3) is 2.85. The summed E-state index contributed by atoms with van der Waals surface area (Å²) in [5.41, 5.74) is 3.04. The smallest absolute Gasteiger partial charge is 0.231 e. The van der Waals surface area contributed by atoms with Crippen LogP contribution in [0.2, 0.25) is 0 Å². The number of benzene rings is 2. The molecule has 0 spiro atoms. The van der Waals surface area contributed by atoms with Gasteiger partial charge in [0.25, 0.3) is 0 Å². The van der Waals surface area contributed by atoms with Gasteiger partial charge in [-0.15, -0.1) is 11.3 Å². The first-order chi connectivity index (χ1) is 13.6. The minimum absolute atomic E-state index is 0.138. The highest BCUT2D eigenvalue weighted by molar-refractivity contribution is 9.10. The van der Waals surface area contributed by atoms with E-state index < -0.39 is 0 Å². The lowest BCUT2D eigenvalue weighted by Crippen LogP contribution is -2.25. The van der Waals surface area contributed by atoms with Crippen LogP contribution in [-0.2, 0) is 0 Å². The first-order valence-corrected chi connectivity index (χ1v) is 10.2. The Bertz CT molecular complexity index is 1120.